The van der Waals surface area contributed by atoms with E-state index >= 15 is 0 Å². The lowest BCUT2D eigenvalue weighted by molar-refractivity contribution is -0.107. The van der Waals surface area contributed by atoms with Gasteiger partial charge in [0.15, 0.2) is 0 Å². The predicted molar refractivity (Wildman–Crippen MR) is 46.4 cm³/mol. The van der Waals surface area contributed by atoms with Gasteiger partial charge in [0.25, 0.3) is 0 Å². The number of nitrogens with one attached hydrogen (secondary N) is 1. The predicted octanol–water partition coefficient (Wildman–Crippen LogP) is 0.331. The van der Waals surface area contributed by atoms with E-state index in [0.717, 1.165) is 12.8 Å². The van der Waals surface area contributed by atoms with E-state index in [1.165, 1.54) is 6.42 Å². The maximum Gasteiger partial charge on any atom is 0.407 e. The lowest BCUT2D eigenvalue weighted by Crippen LogP contribution is -2.64. The molecule has 2 atom stereocenters. The van der Waals surface area contributed by atoms with Gasteiger partial charge in [0.05, 0.1) is 6.54 Å². The second kappa shape index (κ2) is 2.18. The van der Waals surface area contributed by atoms with Crippen molar-refractivity contribution < 1.29 is 9.53 Å². The Morgan fingerprint density at radius 1 is 1.54 bits per heavy atom. The van der Waals surface area contributed by atoms with Crippen LogP contribution < -0.4 is 5.32 Å². The summed E-state index contributed by atoms with van der Waals surface area (Å²) in [6.45, 7) is 0.715. The average molecular weight is 182 g/mol. The van der Waals surface area contributed by atoms with Gasteiger partial charge in [-0.3, -0.25) is 0 Å². The molecule has 0 aromatic rings. The van der Waals surface area contributed by atoms with E-state index in [4.69, 9.17) is 4.74 Å². The first-order chi connectivity index (χ1) is 6.19. The zero-order chi connectivity index (χ0) is 9.05. The van der Waals surface area contributed by atoms with Crippen LogP contribution in [-0.2, 0) is 4.74 Å². The molecule has 2 unspecified atom stereocenters. The van der Waals surface area contributed by atoms with Gasteiger partial charge >= 0.3 is 6.09 Å². The van der Waals surface area contributed by atoms with Crippen LogP contribution in [0.5, 0.6) is 0 Å². The molecule has 4 rings (SSSR count). The van der Waals surface area contributed by atoms with E-state index < -0.39 is 0 Å². The fourth-order valence-electron chi connectivity index (χ4n) is 2.93. The van der Waals surface area contributed by atoms with Crippen LogP contribution in [0.25, 0.3) is 0 Å². The molecule has 4 fully saturated rings. The van der Waals surface area contributed by atoms with Crippen molar-refractivity contribution in [3.63, 3.8) is 0 Å². The molecule has 1 aliphatic carbocycles. The standard InChI is InChI=1S/C9H14N2O2/c1-11-6-2-7(11)4-9(3-6)5-10-8(12)13-9/h6-7H,2-5H2,1H3,(H,10,12). The van der Waals surface area contributed by atoms with Crippen LogP contribution in [0.2, 0.25) is 0 Å². The molecular weight excluding hydrogens is 168 g/mol. The van der Waals surface area contributed by atoms with Gasteiger partial charge in [0, 0.05) is 24.9 Å². The van der Waals surface area contributed by atoms with Crippen LogP contribution in [0, 0.1) is 0 Å². The van der Waals surface area contributed by atoms with Gasteiger partial charge in [-0.05, 0) is 13.5 Å². The summed E-state index contributed by atoms with van der Waals surface area (Å²) >= 11 is 0. The third-order valence-electron chi connectivity index (χ3n) is 3.78. The van der Waals surface area contributed by atoms with Gasteiger partial charge < -0.3 is 15.0 Å². The molecular formula is C9H14N2O2. The molecule has 3 aliphatic heterocycles. The number of piperidine rings is 1. The minimum absolute atomic E-state index is 0.156. The van der Waals surface area contributed by atoms with Crippen molar-refractivity contribution in [2.75, 3.05) is 13.6 Å². The number of hydrogen-bond donors (Lipinski definition) is 1. The molecule has 1 spiro atoms. The minimum Gasteiger partial charge on any atom is -0.441 e. The lowest BCUT2D eigenvalue weighted by Gasteiger charge is -2.56. The maximum absolute atomic E-state index is 11.0. The summed E-state index contributed by atoms with van der Waals surface area (Å²) in [5, 5.41) is 2.76. The molecule has 1 amide bonds. The van der Waals surface area contributed by atoms with Crippen LogP contribution in [0.3, 0.4) is 0 Å². The lowest BCUT2D eigenvalue weighted by atomic mass is 9.71. The Hall–Kier alpha value is -0.770. The van der Waals surface area contributed by atoms with Crippen LogP contribution in [0.15, 0.2) is 0 Å². The summed E-state index contributed by atoms with van der Waals surface area (Å²) in [5.41, 5.74) is -0.156. The van der Waals surface area contributed by atoms with Crippen molar-refractivity contribution >= 4 is 6.09 Å². The number of rotatable bonds is 0. The molecule has 4 aliphatic rings. The maximum atomic E-state index is 11.0. The van der Waals surface area contributed by atoms with Gasteiger partial charge in [-0.25, -0.2) is 4.79 Å². The van der Waals surface area contributed by atoms with Crippen LogP contribution in [0.4, 0.5) is 4.79 Å². The summed E-state index contributed by atoms with van der Waals surface area (Å²) in [7, 11) is 2.16. The quantitative estimate of drug-likeness (QED) is 0.587. The molecule has 3 saturated heterocycles. The second-order valence-electron chi connectivity index (χ2n) is 4.54. The van der Waals surface area contributed by atoms with Crippen molar-refractivity contribution in [1.29, 1.82) is 0 Å². The molecule has 1 N–H and O–H groups in total. The van der Waals surface area contributed by atoms with Crippen LogP contribution >= 0.6 is 0 Å². The highest BCUT2D eigenvalue weighted by Crippen LogP contribution is 2.44. The first-order valence-electron chi connectivity index (χ1n) is 4.87. The summed E-state index contributed by atoms with van der Waals surface area (Å²) in [6.07, 6.45) is 3.08. The number of alkyl carbamates (subject to hydrolysis) is 1. The van der Waals surface area contributed by atoms with Gasteiger partial charge in [-0.15, -0.1) is 0 Å². The molecule has 4 nitrogen and oxygen atoms in total. The van der Waals surface area contributed by atoms with Crippen molar-refractivity contribution in [3.05, 3.63) is 0 Å². The molecule has 0 radical (unpaired) electrons. The van der Waals surface area contributed by atoms with E-state index in [0.29, 0.717) is 18.6 Å². The second-order valence-corrected chi connectivity index (χ2v) is 4.54. The van der Waals surface area contributed by atoms with Gasteiger partial charge in [0.1, 0.15) is 5.60 Å². The largest absolute Gasteiger partial charge is 0.441 e. The number of hydrogen-bond acceptors (Lipinski definition) is 3. The summed E-state index contributed by atoms with van der Waals surface area (Å²) in [4.78, 5) is 13.4. The third kappa shape index (κ3) is 0.921. The van der Waals surface area contributed by atoms with E-state index in [2.05, 4.69) is 17.3 Å². The zero-order valence-corrected chi connectivity index (χ0v) is 7.75. The highest BCUT2D eigenvalue weighted by Gasteiger charge is 2.54. The Balaban J connectivity index is 1.78. The van der Waals surface area contributed by atoms with Crippen LogP contribution in [0.1, 0.15) is 19.3 Å². The number of carbonyl (C=O) groups is 1. The minimum atomic E-state index is -0.232. The Morgan fingerprint density at radius 3 is 2.69 bits per heavy atom. The fraction of sp³-hybridized carbons (Fsp3) is 0.889. The molecule has 0 aromatic carbocycles. The average Bonchev–Trinajstić information content (AvgIpc) is 2.46. The van der Waals surface area contributed by atoms with Gasteiger partial charge in [0.2, 0.25) is 0 Å². The summed E-state index contributed by atoms with van der Waals surface area (Å²) < 4.78 is 5.36. The monoisotopic (exact) mass is 182 g/mol. The van der Waals surface area contributed by atoms with Gasteiger partial charge in [-0.2, -0.15) is 0 Å². The molecule has 1 saturated carbocycles. The van der Waals surface area contributed by atoms with Crippen molar-refractivity contribution in [3.8, 4) is 0 Å². The molecule has 0 aromatic heterocycles. The molecule has 72 valence electrons. The molecule has 4 heteroatoms. The van der Waals surface area contributed by atoms with E-state index in [1.807, 2.05) is 0 Å². The van der Waals surface area contributed by atoms with Crippen molar-refractivity contribution in [1.82, 2.24) is 10.2 Å². The highest BCUT2D eigenvalue weighted by molar-refractivity contribution is 5.70. The molecule has 3 heterocycles. The normalized spacial score (nSPS) is 48.5. The Morgan fingerprint density at radius 2 is 2.23 bits per heavy atom. The van der Waals surface area contributed by atoms with E-state index in [9.17, 15) is 4.79 Å². The molecule has 13 heavy (non-hydrogen) atoms. The smallest absolute Gasteiger partial charge is 0.407 e. The Kier molecular flexibility index (Phi) is 1.28. The summed E-state index contributed by atoms with van der Waals surface area (Å²) in [6, 6.07) is 1.29. The molecule has 2 bridgehead atoms. The number of ether oxygens (including phenoxy) is 1. The zero-order valence-electron chi connectivity index (χ0n) is 7.75. The van der Waals surface area contributed by atoms with Crippen molar-refractivity contribution in [2.24, 2.45) is 0 Å². The first-order valence-corrected chi connectivity index (χ1v) is 4.87. The Bertz CT molecular complexity index is 254. The third-order valence-corrected chi connectivity index (χ3v) is 3.78. The number of nitrogens with zero attached hydrogens (tertiary/aromatic N) is 1. The number of carbonyl (C=O) groups excluding carboxylic acids is 1. The first kappa shape index (κ1) is 7.62. The number of amides is 1. The SMILES string of the molecule is CN1C2CC1CC1(CNC(=O)O1)C2. The summed E-state index contributed by atoms with van der Waals surface area (Å²) in [5.74, 6) is 0. The van der Waals surface area contributed by atoms with E-state index in [-0.39, 0.29) is 11.7 Å². The Labute approximate surface area is 77.2 Å². The van der Waals surface area contributed by atoms with E-state index in [1.54, 1.807) is 0 Å². The van der Waals surface area contributed by atoms with Crippen molar-refractivity contribution in [2.45, 2.75) is 36.9 Å². The fourth-order valence-corrected chi connectivity index (χ4v) is 2.93. The highest BCUT2D eigenvalue weighted by atomic mass is 16.6. The van der Waals surface area contributed by atoms with Gasteiger partial charge in [-0.1, -0.05) is 0 Å². The topological polar surface area (TPSA) is 41.6 Å². The van der Waals surface area contributed by atoms with Crippen LogP contribution in [-0.4, -0.2) is 42.3 Å².